The monoisotopic (exact) mass is 392 g/mol. The van der Waals surface area contributed by atoms with E-state index >= 15 is 0 Å². The highest BCUT2D eigenvalue weighted by Gasteiger charge is 2.13. The number of methoxy groups -OCH3 is 1. The van der Waals surface area contributed by atoms with Crippen molar-refractivity contribution >= 4 is 5.65 Å². The van der Waals surface area contributed by atoms with E-state index in [1.807, 2.05) is 28.7 Å². The summed E-state index contributed by atoms with van der Waals surface area (Å²) >= 11 is 0. The van der Waals surface area contributed by atoms with Crippen molar-refractivity contribution in [3.05, 3.63) is 77.8 Å². The van der Waals surface area contributed by atoms with Gasteiger partial charge in [-0.15, -0.1) is 10.2 Å². The van der Waals surface area contributed by atoms with Crippen LogP contribution < -0.4 is 4.74 Å². The Labute approximate surface area is 167 Å². The van der Waals surface area contributed by atoms with Crippen LogP contribution in [0.2, 0.25) is 0 Å². The third-order valence-corrected chi connectivity index (χ3v) is 4.96. The molecule has 3 aromatic heterocycles. The molecule has 1 aromatic carbocycles. The standard InChI is InChI=1S/C22H21FN4O2/c1-29-21-4-2-3-20(23)19(21)8-6-17-5-7-18(22-26-25-14-27(17)22)15-9-11-24-16(13-15)10-12-28/h2-5,7,9,11,13-14,28H,6,8,10,12H2,1H3. The van der Waals surface area contributed by atoms with E-state index < -0.39 is 0 Å². The summed E-state index contributed by atoms with van der Waals surface area (Å²) in [6, 6.07) is 12.7. The zero-order valence-corrected chi connectivity index (χ0v) is 16.0. The largest absolute Gasteiger partial charge is 0.496 e. The van der Waals surface area contributed by atoms with E-state index in [-0.39, 0.29) is 12.4 Å². The molecule has 0 bridgehead atoms. The molecule has 0 saturated carbocycles. The number of aliphatic hydroxyl groups excluding tert-OH is 1. The van der Waals surface area contributed by atoms with E-state index in [2.05, 4.69) is 15.2 Å². The molecule has 0 spiro atoms. The Morgan fingerprint density at radius 2 is 2.00 bits per heavy atom. The van der Waals surface area contributed by atoms with Gasteiger partial charge in [-0.05, 0) is 54.8 Å². The SMILES string of the molecule is COc1cccc(F)c1CCc1ccc(-c2ccnc(CCO)c2)c2nncn12. The van der Waals surface area contributed by atoms with Crippen LogP contribution in [-0.4, -0.2) is 38.4 Å². The third-order valence-electron chi connectivity index (χ3n) is 4.96. The Balaban J connectivity index is 1.66. The van der Waals surface area contributed by atoms with Gasteiger partial charge >= 0.3 is 0 Å². The quantitative estimate of drug-likeness (QED) is 0.523. The lowest BCUT2D eigenvalue weighted by Crippen LogP contribution is -2.03. The number of rotatable bonds is 7. The Morgan fingerprint density at radius 1 is 1.10 bits per heavy atom. The van der Waals surface area contributed by atoms with Crippen LogP contribution in [0.4, 0.5) is 4.39 Å². The zero-order chi connectivity index (χ0) is 20.2. The van der Waals surface area contributed by atoms with Crippen molar-refractivity contribution in [2.75, 3.05) is 13.7 Å². The van der Waals surface area contributed by atoms with E-state index in [0.717, 1.165) is 28.2 Å². The summed E-state index contributed by atoms with van der Waals surface area (Å²) in [5.41, 5.74) is 4.97. The van der Waals surface area contributed by atoms with Gasteiger partial charge in [-0.2, -0.15) is 0 Å². The van der Waals surface area contributed by atoms with E-state index in [0.29, 0.717) is 30.6 Å². The van der Waals surface area contributed by atoms with Gasteiger partial charge in [0.05, 0.1) is 7.11 Å². The van der Waals surface area contributed by atoms with Crippen LogP contribution >= 0.6 is 0 Å². The molecule has 4 rings (SSSR count). The number of hydrogen-bond acceptors (Lipinski definition) is 5. The first-order valence-electron chi connectivity index (χ1n) is 9.40. The molecule has 0 aliphatic carbocycles. The first-order chi connectivity index (χ1) is 14.2. The number of aryl methyl sites for hydroxylation is 1. The molecular weight excluding hydrogens is 371 g/mol. The normalized spacial score (nSPS) is 11.1. The number of pyridine rings is 2. The fourth-order valence-corrected chi connectivity index (χ4v) is 3.52. The van der Waals surface area contributed by atoms with Gasteiger partial charge in [0.25, 0.3) is 0 Å². The number of hydrogen-bond donors (Lipinski definition) is 1. The molecule has 0 saturated heterocycles. The lowest BCUT2D eigenvalue weighted by atomic mass is 10.0. The van der Waals surface area contributed by atoms with Gasteiger partial charge in [-0.25, -0.2) is 4.39 Å². The highest BCUT2D eigenvalue weighted by atomic mass is 19.1. The number of halogens is 1. The smallest absolute Gasteiger partial charge is 0.168 e. The maximum absolute atomic E-state index is 14.2. The predicted molar refractivity (Wildman–Crippen MR) is 107 cm³/mol. The van der Waals surface area contributed by atoms with Crippen LogP contribution in [0, 0.1) is 5.82 Å². The van der Waals surface area contributed by atoms with Crippen molar-refractivity contribution in [2.45, 2.75) is 19.3 Å². The van der Waals surface area contributed by atoms with Crippen LogP contribution in [0.3, 0.4) is 0 Å². The number of benzene rings is 1. The molecule has 6 nitrogen and oxygen atoms in total. The van der Waals surface area contributed by atoms with Gasteiger partial charge in [0.2, 0.25) is 0 Å². The van der Waals surface area contributed by atoms with Gasteiger partial charge in [-0.1, -0.05) is 6.07 Å². The Kier molecular flexibility index (Phi) is 5.48. The average Bonchev–Trinajstić information content (AvgIpc) is 3.23. The number of ether oxygens (including phenoxy) is 1. The van der Waals surface area contributed by atoms with Crippen LogP contribution in [-0.2, 0) is 19.3 Å². The predicted octanol–water partition coefficient (Wildman–Crippen LogP) is 3.26. The summed E-state index contributed by atoms with van der Waals surface area (Å²) in [7, 11) is 1.55. The highest BCUT2D eigenvalue weighted by Crippen LogP contribution is 2.27. The Morgan fingerprint density at radius 3 is 2.83 bits per heavy atom. The van der Waals surface area contributed by atoms with Crippen molar-refractivity contribution in [1.29, 1.82) is 0 Å². The molecule has 148 valence electrons. The summed E-state index contributed by atoms with van der Waals surface area (Å²) in [4.78, 5) is 4.28. The molecule has 0 aliphatic rings. The molecule has 0 aliphatic heterocycles. The van der Waals surface area contributed by atoms with Crippen molar-refractivity contribution in [2.24, 2.45) is 0 Å². The maximum atomic E-state index is 14.2. The molecule has 0 unspecified atom stereocenters. The van der Waals surface area contributed by atoms with Gasteiger partial charge in [0.15, 0.2) is 5.65 Å². The highest BCUT2D eigenvalue weighted by molar-refractivity contribution is 5.77. The van der Waals surface area contributed by atoms with E-state index in [1.54, 1.807) is 31.8 Å². The lowest BCUT2D eigenvalue weighted by molar-refractivity contribution is 0.298. The summed E-state index contributed by atoms with van der Waals surface area (Å²) in [6.07, 6.45) is 5.00. The van der Waals surface area contributed by atoms with E-state index in [9.17, 15) is 4.39 Å². The molecular formula is C22H21FN4O2. The number of nitrogens with zero attached hydrogens (tertiary/aromatic N) is 4. The van der Waals surface area contributed by atoms with Gasteiger partial charge in [0.1, 0.15) is 17.9 Å². The van der Waals surface area contributed by atoms with Crippen molar-refractivity contribution in [3.63, 3.8) is 0 Å². The zero-order valence-electron chi connectivity index (χ0n) is 16.0. The summed E-state index contributed by atoms with van der Waals surface area (Å²) in [6.45, 7) is 0.0508. The van der Waals surface area contributed by atoms with Crippen LogP contribution in [0.15, 0.2) is 55.0 Å². The summed E-state index contributed by atoms with van der Waals surface area (Å²) in [5.74, 6) is 0.281. The maximum Gasteiger partial charge on any atom is 0.168 e. The first-order valence-corrected chi connectivity index (χ1v) is 9.40. The van der Waals surface area contributed by atoms with E-state index in [4.69, 9.17) is 9.84 Å². The minimum Gasteiger partial charge on any atom is -0.496 e. The Bertz CT molecular complexity index is 1140. The minimum absolute atomic E-state index is 0.0508. The molecule has 0 radical (unpaired) electrons. The number of aliphatic hydroxyl groups is 1. The topological polar surface area (TPSA) is 72.5 Å². The molecule has 3 heterocycles. The van der Waals surface area contributed by atoms with Crippen molar-refractivity contribution < 1.29 is 14.2 Å². The minimum atomic E-state index is -0.269. The first kappa shape index (κ1) is 19.0. The van der Waals surface area contributed by atoms with Crippen LogP contribution in [0.1, 0.15) is 17.0 Å². The van der Waals surface area contributed by atoms with Gasteiger partial charge in [-0.3, -0.25) is 9.38 Å². The summed E-state index contributed by atoms with van der Waals surface area (Å²) in [5, 5.41) is 17.5. The third kappa shape index (κ3) is 3.82. The number of fused-ring (bicyclic) bond motifs is 1. The molecule has 0 amide bonds. The molecule has 7 heteroatoms. The average molecular weight is 392 g/mol. The molecule has 0 fully saturated rings. The van der Waals surface area contributed by atoms with Crippen LogP contribution in [0.25, 0.3) is 16.8 Å². The van der Waals surface area contributed by atoms with Crippen molar-refractivity contribution in [1.82, 2.24) is 19.6 Å². The fraction of sp³-hybridized carbons (Fsp3) is 0.227. The van der Waals surface area contributed by atoms with Gasteiger partial charge in [0, 0.05) is 41.7 Å². The summed E-state index contributed by atoms with van der Waals surface area (Å²) < 4.78 is 21.5. The second kappa shape index (κ2) is 8.36. The molecule has 0 atom stereocenters. The van der Waals surface area contributed by atoms with Gasteiger partial charge < -0.3 is 9.84 Å². The van der Waals surface area contributed by atoms with Crippen molar-refractivity contribution in [3.8, 4) is 16.9 Å². The van der Waals surface area contributed by atoms with E-state index in [1.165, 1.54) is 6.07 Å². The number of aromatic nitrogens is 4. The molecule has 29 heavy (non-hydrogen) atoms. The lowest BCUT2D eigenvalue weighted by Gasteiger charge is -2.12. The molecule has 4 aromatic rings. The van der Waals surface area contributed by atoms with Crippen LogP contribution in [0.5, 0.6) is 5.75 Å². The molecule has 1 N–H and O–H groups in total. The second-order valence-corrected chi connectivity index (χ2v) is 6.69. The Hall–Kier alpha value is -3.32. The second-order valence-electron chi connectivity index (χ2n) is 6.69. The fourth-order valence-electron chi connectivity index (χ4n) is 3.52.